The molecule has 45 heavy (non-hydrogen) atoms. The smallest absolute Gasteiger partial charge is 0.193 e. The molecule has 1 aliphatic rings. The Morgan fingerprint density at radius 1 is 0.778 bits per heavy atom. The van der Waals surface area contributed by atoms with E-state index in [1.54, 1.807) is 7.11 Å². The minimum atomic E-state index is -2.26. The summed E-state index contributed by atoms with van der Waals surface area (Å²) in [4.78, 5) is 12.6. The van der Waals surface area contributed by atoms with Crippen molar-refractivity contribution in [2.24, 2.45) is 0 Å². The van der Waals surface area contributed by atoms with Crippen LogP contribution in [0.5, 0.6) is 5.75 Å². The number of methoxy groups -OCH3 is 1. The molecule has 7 nitrogen and oxygen atoms in total. The Kier molecular flexibility index (Phi) is 13.2. The molecule has 6 atom stereocenters. The lowest BCUT2D eigenvalue weighted by Crippen LogP contribution is -2.53. The predicted molar refractivity (Wildman–Crippen MR) is 193 cm³/mol. The zero-order chi connectivity index (χ0) is 34.8. The highest BCUT2D eigenvalue weighted by atomic mass is 28.4. The van der Waals surface area contributed by atoms with Gasteiger partial charge in [-0.15, -0.1) is 0 Å². The molecule has 1 aliphatic heterocycles. The summed E-state index contributed by atoms with van der Waals surface area (Å²) in [6, 6.07) is 7.73. The molecule has 1 aromatic rings. The fourth-order valence-corrected chi connectivity index (χ4v) is 8.67. The standard InChI is InChI=1S/C35H66O7Si3/c1-25(40-43(12,13)33(2,3)4)29(41-44(14,15)34(5,6)7)22-28-23-30(31(24-36)42-45(16,17)35(8,9)10)39-32(38-28)26-18-20-27(37-11)21-19-26/h18-21,24-25,28-32H,22-23H2,1-17H3/t25-,28-,29-,30-,31-,32-/m1/s1. The lowest BCUT2D eigenvalue weighted by Gasteiger charge is -2.46. The fraction of sp³-hybridized carbons (Fsp3) is 0.800. The van der Waals surface area contributed by atoms with Crippen LogP contribution in [0.15, 0.2) is 24.3 Å². The Hall–Kier alpha value is -0.859. The van der Waals surface area contributed by atoms with E-state index < -0.39 is 43.5 Å². The number of carbonyl (C=O) groups is 1. The highest BCUT2D eigenvalue weighted by molar-refractivity contribution is 6.75. The van der Waals surface area contributed by atoms with E-state index in [1.807, 2.05) is 24.3 Å². The van der Waals surface area contributed by atoms with E-state index in [1.165, 1.54) is 0 Å². The summed E-state index contributed by atoms with van der Waals surface area (Å²) < 4.78 is 39.4. The first-order chi connectivity index (χ1) is 20.2. The van der Waals surface area contributed by atoms with E-state index in [0.717, 1.165) is 17.6 Å². The summed E-state index contributed by atoms with van der Waals surface area (Å²) in [7, 11) is -4.85. The average molecular weight is 683 g/mol. The van der Waals surface area contributed by atoms with Crippen LogP contribution in [0.1, 0.15) is 93.9 Å². The molecule has 0 aromatic heterocycles. The molecule has 0 radical (unpaired) electrons. The molecule has 0 unspecified atom stereocenters. The molecule has 260 valence electrons. The molecule has 0 N–H and O–H groups in total. The molecule has 0 aliphatic carbocycles. The maximum atomic E-state index is 12.6. The van der Waals surface area contributed by atoms with Crippen LogP contribution in [-0.2, 0) is 27.5 Å². The quantitative estimate of drug-likeness (QED) is 0.152. The van der Waals surface area contributed by atoms with E-state index in [9.17, 15) is 4.79 Å². The summed E-state index contributed by atoms with van der Waals surface area (Å²) in [6.07, 6.45) is -0.296. The van der Waals surface area contributed by atoms with Crippen molar-refractivity contribution in [1.82, 2.24) is 0 Å². The van der Waals surface area contributed by atoms with Gasteiger partial charge in [0.2, 0.25) is 0 Å². The van der Waals surface area contributed by atoms with Crippen LogP contribution in [0.25, 0.3) is 0 Å². The lowest BCUT2D eigenvalue weighted by atomic mass is 9.98. The first-order valence-electron chi connectivity index (χ1n) is 16.7. The van der Waals surface area contributed by atoms with Gasteiger partial charge in [-0.1, -0.05) is 74.4 Å². The van der Waals surface area contributed by atoms with Gasteiger partial charge in [-0.05, 0) is 73.5 Å². The Bertz CT molecular complexity index is 1080. The highest BCUT2D eigenvalue weighted by Gasteiger charge is 2.47. The van der Waals surface area contributed by atoms with Crippen molar-refractivity contribution < 1.29 is 32.3 Å². The van der Waals surface area contributed by atoms with Gasteiger partial charge in [0, 0.05) is 18.4 Å². The van der Waals surface area contributed by atoms with Crippen molar-refractivity contribution in [3.05, 3.63) is 29.8 Å². The van der Waals surface area contributed by atoms with Gasteiger partial charge < -0.3 is 32.3 Å². The summed E-state index contributed by atoms with van der Waals surface area (Å²) in [6.45, 7) is 35.8. The minimum Gasteiger partial charge on any atom is -0.497 e. The van der Waals surface area contributed by atoms with Crippen molar-refractivity contribution in [3.8, 4) is 5.75 Å². The van der Waals surface area contributed by atoms with Gasteiger partial charge in [0.1, 0.15) is 18.1 Å². The van der Waals surface area contributed by atoms with Crippen LogP contribution < -0.4 is 4.74 Å². The van der Waals surface area contributed by atoms with Crippen LogP contribution in [0, 0.1) is 0 Å². The number of benzene rings is 1. The first-order valence-corrected chi connectivity index (χ1v) is 25.4. The first kappa shape index (κ1) is 40.3. The third-order valence-corrected chi connectivity index (χ3v) is 24.3. The van der Waals surface area contributed by atoms with Gasteiger partial charge in [-0.3, -0.25) is 0 Å². The van der Waals surface area contributed by atoms with Crippen molar-refractivity contribution in [3.63, 3.8) is 0 Å². The number of ether oxygens (including phenoxy) is 3. The fourth-order valence-electron chi connectivity index (χ4n) is 4.59. The Balaban J connectivity index is 2.51. The zero-order valence-corrected chi connectivity index (χ0v) is 34.6. The van der Waals surface area contributed by atoms with Gasteiger partial charge in [-0.25, -0.2) is 0 Å². The van der Waals surface area contributed by atoms with Gasteiger partial charge in [0.25, 0.3) is 0 Å². The van der Waals surface area contributed by atoms with Crippen LogP contribution in [-0.4, -0.2) is 68.9 Å². The molecule has 0 bridgehead atoms. The largest absolute Gasteiger partial charge is 0.497 e. The molecule has 0 amide bonds. The van der Waals surface area contributed by atoms with E-state index in [-0.39, 0.29) is 33.4 Å². The SMILES string of the molecule is COc1ccc([C@@H]2O[C@H](C[C@@H](O[Si](C)(C)C(C)(C)C)[C@@H](C)O[Si](C)(C)C(C)(C)C)C[C@H]([C@@H](C=O)O[Si](C)(C)C(C)(C)C)O2)cc1. The lowest BCUT2D eigenvalue weighted by molar-refractivity contribution is -0.264. The Morgan fingerprint density at radius 3 is 1.69 bits per heavy atom. The summed E-state index contributed by atoms with van der Waals surface area (Å²) in [5.74, 6) is 0.758. The number of aldehydes is 1. The summed E-state index contributed by atoms with van der Waals surface area (Å²) >= 11 is 0. The van der Waals surface area contributed by atoms with E-state index in [4.69, 9.17) is 27.5 Å². The number of carbonyl (C=O) groups excluding carboxylic acids is 1. The molecule has 1 saturated heterocycles. The third kappa shape index (κ3) is 10.6. The molecule has 1 aromatic carbocycles. The minimum absolute atomic E-state index is 0.0340. The van der Waals surface area contributed by atoms with Crippen molar-refractivity contribution in [2.45, 2.75) is 173 Å². The topological polar surface area (TPSA) is 72.5 Å². The number of rotatable bonds is 13. The third-order valence-electron chi connectivity index (χ3n) is 10.8. The number of hydrogen-bond donors (Lipinski definition) is 0. The second-order valence-corrected chi connectivity index (χ2v) is 31.8. The summed E-state index contributed by atoms with van der Waals surface area (Å²) in [5, 5.41) is 0.0554. The van der Waals surface area contributed by atoms with E-state index >= 15 is 0 Å². The van der Waals surface area contributed by atoms with Crippen LogP contribution in [0.4, 0.5) is 0 Å². The second-order valence-electron chi connectivity index (χ2n) is 17.5. The Labute approximate surface area is 278 Å². The molecule has 0 saturated carbocycles. The van der Waals surface area contributed by atoms with Gasteiger partial charge >= 0.3 is 0 Å². The molecule has 1 heterocycles. The monoisotopic (exact) mass is 682 g/mol. The Morgan fingerprint density at radius 2 is 1.24 bits per heavy atom. The summed E-state index contributed by atoms with van der Waals surface area (Å²) in [5.41, 5.74) is 0.870. The molecule has 1 fully saturated rings. The van der Waals surface area contributed by atoms with Crippen LogP contribution >= 0.6 is 0 Å². The van der Waals surface area contributed by atoms with Crippen molar-refractivity contribution in [2.75, 3.05) is 7.11 Å². The second kappa shape index (κ2) is 14.7. The highest BCUT2D eigenvalue weighted by Crippen LogP contribution is 2.43. The van der Waals surface area contributed by atoms with Gasteiger partial charge in [0.05, 0.1) is 31.5 Å². The molecule has 2 rings (SSSR count). The predicted octanol–water partition coefficient (Wildman–Crippen LogP) is 9.65. The maximum absolute atomic E-state index is 12.6. The molecule has 0 spiro atoms. The normalized spacial score (nSPS) is 22.9. The van der Waals surface area contributed by atoms with Gasteiger partial charge in [-0.2, -0.15) is 0 Å². The van der Waals surface area contributed by atoms with Crippen molar-refractivity contribution in [1.29, 1.82) is 0 Å². The van der Waals surface area contributed by atoms with Crippen LogP contribution in [0.3, 0.4) is 0 Å². The average Bonchev–Trinajstić information content (AvgIpc) is 2.89. The van der Waals surface area contributed by atoms with E-state index in [2.05, 4.69) is 109 Å². The molecular formula is C35H66O7Si3. The maximum Gasteiger partial charge on any atom is 0.193 e. The zero-order valence-electron chi connectivity index (χ0n) is 31.6. The van der Waals surface area contributed by atoms with Gasteiger partial charge in [0.15, 0.2) is 31.2 Å². The molecular weight excluding hydrogens is 617 g/mol. The van der Waals surface area contributed by atoms with E-state index in [0.29, 0.717) is 12.8 Å². The molecule has 10 heteroatoms. The number of hydrogen-bond acceptors (Lipinski definition) is 7. The van der Waals surface area contributed by atoms with Crippen molar-refractivity contribution >= 4 is 31.2 Å². The van der Waals surface area contributed by atoms with Crippen LogP contribution in [0.2, 0.25) is 54.4 Å².